The number of hydrogen-bond acceptors (Lipinski definition) is 4. The molecule has 0 spiro atoms. The quantitative estimate of drug-likeness (QED) is 0.818. The lowest BCUT2D eigenvalue weighted by Gasteiger charge is -2.35. The largest absolute Gasteiger partial charge is 0.446 e. The maximum Gasteiger partial charge on any atom is 0.446 e. The molecule has 7 heteroatoms. The summed E-state index contributed by atoms with van der Waals surface area (Å²) in [6, 6.07) is 8.96. The summed E-state index contributed by atoms with van der Waals surface area (Å²) in [4.78, 5) is 2.61. The molecule has 2 heterocycles. The molecular formula is C16H17F3N2S2. The van der Waals surface area contributed by atoms with E-state index in [2.05, 4.69) is 21.7 Å². The molecule has 0 amide bonds. The molecule has 1 fully saturated rings. The number of piperazine rings is 1. The molecule has 1 aliphatic rings. The van der Waals surface area contributed by atoms with Crippen molar-refractivity contribution in [2.75, 3.05) is 26.2 Å². The number of thioether (sulfide) groups is 1. The number of hydrogen-bond donors (Lipinski definition) is 1. The fraction of sp³-hybridized carbons (Fsp3) is 0.375. The van der Waals surface area contributed by atoms with E-state index in [9.17, 15) is 13.2 Å². The first-order valence-electron chi connectivity index (χ1n) is 7.35. The number of nitrogens with zero attached hydrogens (tertiary/aromatic N) is 1. The summed E-state index contributed by atoms with van der Waals surface area (Å²) in [6.07, 6.45) is 0. The maximum atomic E-state index is 12.5. The second-order valence-electron chi connectivity index (χ2n) is 5.36. The summed E-state index contributed by atoms with van der Waals surface area (Å²) >= 11 is 1.58. The third-order valence-electron chi connectivity index (χ3n) is 3.81. The van der Waals surface area contributed by atoms with Crippen LogP contribution in [0.5, 0.6) is 0 Å². The molecule has 3 rings (SSSR count). The second kappa shape index (κ2) is 7.25. The van der Waals surface area contributed by atoms with Gasteiger partial charge in [-0.05, 0) is 51.8 Å². The molecule has 1 atom stereocenters. The molecule has 0 radical (unpaired) electrons. The molecule has 1 saturated heterocycles. The average molecular weight is 358 g/mol. The van der Waals surface area contributed by atoms with Crippen LogP contribution in [-0.2, 0) is 0 Å². The van der Waals surface area contributed by atoms with Crippen LogP contribution in [0.4, 0.5) is 13.2 Å². The molecule has 1 N–H and O–H groups in total. The third kappa shape index (κ3) is 4.50. The molecular weight excluding hydrogens is 341 g/mol. The first-order chi connectivity index (χ1) is 11.0. The van der Waals surface area contributed by atoms with Crippen molar-refractivity contribution in [1.82, 2.24) is 10.2 Å². The van der Waals surface area contributed by atoms with Crippen LogP contribution in [0.2, 0.25) is 0 Å². The van der Waals surface area contributed by atoms with E-state index in [1.807, 2.05) is 17.5 Å². The van der Waals surface area contributed by atoms with Gasteiger partial charge in [0, 0.05) is 31.1 Å². The highest BCUT2D eigenvalue weighted by molar-refractivity contribution is 8.00. The van der Waals surface area contributed by atoms with Gasteiger partial charge in [-0.15, -0.1) is 0 Å². The first-order valence-corrected chi connectivity index (χ1v) is 9.11. The van der Waals surface area contributed by atoms with Gasteiger partial charge in [0.2, 0.25) is 0 Å². The molecule has 2 nitrogen and oxygen atoms in total. The SMILES string of the molecule is FC(F)(F)Sc1ccc([C@@H](c2ccsc2)N2CCNCC2)cc1. The molecule has 23 heavy (non-hydrogen) atoms. The molecule has 0 saturated carbocycles. The van der Waals surface area contributed by atoms with E-state index in [-0.39, 0.29) is 22.7 Å². The maximum absolute atomic E-state index is 12.5. The predicted molar refractivity (Wildman–Crippen MR) is 89.0 cm³/mol. The molecule has 2 aromatic rings. The Morgan fingerprint density at radius 1 is 1.04 bits per heavy atom. The van der Waals surface area contributed by atoms with Crippen molar-refractivity contribution in [3.05, 3.63) is 52.2 Å². The number of thiophene rings is 1. The van der Waals surface area contributed by atoms with Gasteiger partial charge in [-0.1, -0.05) is 12.1 Å². The van der Waals surface area contributed by atoms with Crippen molar-refractivity contribution in [3.8, 4) is 0 Å². The van der Waals surface area contributed by atoms with Crippen molar-refractivity contribution in [1.29, 1.82) is 0 Å². The number of halogens is 3. The number of benzene rings is 1. The van der Waals surface area contributed by atoms with Gasteiger partial charge < -0.3 is 5.32 Å². The summed E-state index contributed by atoms with van der Waals surface area (Å²) < 4.78 is 37.4. The molecule has 1 aliphatic heterocycles. The van der Waals surface area contributed by atoms with Crippen LogP contribution in [0.15, 0.2) is 46.0 Å². The Morgan fingerprint density at radius 2 is 1.74 bits per heavy atom. The minimum atomic E-state index is -4.24. The lowest BCUT2D eigenvalue weighted by atomic mass is 9.99. The molecule has 0 bridgehead atoms. The van der Waals surface area contributed by atoms with Crippen LogP contribution in [0.3, 0.4) is 0 Å². The van der Waals surface area contributed by atoms with Crippen molar-refractivity contribution >= 4 is 23.1 Å². The van der Waals surface area contributed by atoms with Gasteiger partial charge in [0.1, 0.15) is 0 Å². The lowest BCUT2D eigenvalue weighted by Crippen LogP contribution is -2.45. The van der Waals surface area contributed by atoms with E-state index in [0.717, 1.165) is 31.7 Å². The Labute approximate surface area is 141 Å². The van der Waals surface area contributed by atoms with E-state index < -0.39 is 5.51 Å². The monoisotopic (exact) mass is 358 g/mol. The molecule has 1 aromatic heterocycles. The normalized spacial score (nSPS) is 18.0. The highest BCUT2D eigenvalue weighted by Crippen LogP contribution is 2.38. The first kappa shape index (κ1) is 16.8. The predicted octanol–water partition coefficient (Wildman–Crippen LogP) is 4.35. The highest BCUT2D eigenvalue weighted by Gasteiger charge is 2.29. The summed E-state index contributed by atoms with van der Waals surface area (Å²) in [5.74, 6) is 0. The van der Waals surface area contributed by atoms with Crippen LogP contribution < -0.4 is 5.32 Å². The van der Waals surface area contributed by atoms with Gasteiger partial charge in [-0.2, -0.15) is 24.5 Å². The second-order valence-corrected chi connectivity index (χ2v) is 7.28. The molecule has 0 unspecified atom stereocenters. The van der Waals surface area contributed by atoms with Gasteiger partial charge >= 0.3 is 5.51 Å². The van der Waals surface area contributed by atoms with Crippen LogP contribution in [0.1, 0.15) is 17.2 Å². The van der Waals surface area contributed by atoms with Crippen molar-refractivity contribution < 1.29 is 13.2 Å². The van der Waals surface area contributed by atoms with E-state index in [1.54, 1.807) is 23.5 Å². The number of nitrogens with one attached hydrogen (secondary N) is 1. The smallest absolute Gasteiger partial charge is 0.314 e. The topological polar surface area (TPSA) is 15.3 Å². The van der Waals surface area contributed by atoms with E-state index in [4.69, 9.17) is 0 Å². The standard InChI is InChI=1S/C16H17F3N2S2/c17-16(18,19)23-14-3-1-12(2-4-14)15(13-5-10-22-11-13)21-8-6-20-7-9-21/h1-5,10-11,15,20H,6-9H2/t15-/m0/s1. The van der Waals surface area contributed by atoms with Crippen LogP contribution in [-0.4, -0.2) is 36.6 Å². The van der Waals surface area contributed by atoms with Gasteiger partial charge in [0.05, 0.1) is 6.04 Å². The lowest BCUT2D eigenvalue weighted by molar-refractivity contribution is -0.0328. The van der Waals surface area contributed by atoms with E-state index >= 15 is 0 Å². The summed E-state index contributed by atoms with van der Waals surface area (Å²) in [5, 5.41) is 7.49. The zero-order valence-electron chi connectivity index (χ0n) is 12.3. The van der Waals surface area contributed by atoms with E-state index in [0.29, 0.717) is 0 Å². The molecule has 1 aromatic carbocycles. The average Bonchev–Trinajstić information content (AvgIpc) is 3.03. The Morgan fingerprint density at radius 3 is 2.30 bits per heavy atom. The Kier molecular flexibility index (Phi) is 5.31. The van der Waals surface area contributed by atoms with Crippen LogP contribution >= 0.6 is 23.1 Å². The van der Waals surface area contributed by atoms with Gasteiger partial charge in [0.25, 0.3) is 0 Å². The Balaban J connectivity index is 1.84. The summed E-state index contributed by atoms with van der Waals surface area (Å²) in [5.41, 5.74) is -2.00. The van der Waals surface area contributed by atoms with Gasteiger partial charge in [-0.25, -0.2) is 0 Å². The Hall–Kier alpha value is -1.02. The highest BCUT2D eigenvalue weighted by atomic mass is 32.2. The van der Waals surface area contributed by atoms with E-state index in [1.165, 1.54) is 5.56 Å². The molecule has 0 aliphatic carbocycles. The zero-order valence-corrected chi connectivity index (χ0v) is 14.0. The van der Waals surface area contributed by atoms with Crippen molar-refractivity contribution in [3.63, 3.8) is 0 Å². The fourth-order valence-corrected chi connectivity index (χ4v) is 4.06. The van der Waals surface area contributed by atoms with Crippen LogP contribution in [0.25, 0.3) is 0 Å². The minimum absolute atomic E-state index is 0.0673. The fourth-order valence-electron chi connectivity index (χ4n) is 2.84. The van der Waals surface area contributed by atoms with Crippen molar-refractivity contribution in [2.45, 2.75) is 16.4 Å². The van der Waals surface area contributed by atoms with Crippen molar-refractivity contribution in [2.24, 2.45) is 0 Å². The number of rotatable bonds is 4. The van der Waals surface area contributed by atoms with Crippen LogP contribution in [0, 0.1) is 0 Å². The zero-order chi connectivity index (χ0) is 16.3. The van der Waals surface area contributed by atoms with Gasteiger partial charge in [0.15, 0.2) is 0 Å². The Bertz CT molecular complexity index is 605. The summed E-state index contributed by atoms with van der Waals surface area (Å²) in [6.45, 7) is 3.73. The number of alkyl halides is 3. The summed E-state index contributed by atoms with van der Waals surface area (Å²) in [7, 11) is 0. The van der Waals surface area contributed by atoms with Gasteiger partial charge in [-0.3, -0.25) is 4.90 Å². The minimum Gasteiger partial charge on any atom is -0.314 e. The molecule has 124 valence electrons. The third-order valence-corrected chi connectivity index (χ3v) is 5.25.